The van der Waals surface area contributed by atoms with E-state index in [0.717, 1.165) is 18.7 Å². The first-order valence-corrected chi connectivity index (χ1v) is 8.82. The summed E-state index contributed by atoms with van der Waals surface area (Å²) in [5.74, 6) is 0.0328. The lowest BCUT2D eigenvalue weighted by atomic mass is 10.0. The molecule has 2 rings (SSSR count). The molecule has 1 N–H and O–H groups in total. The maximum absolute atomic E-state index is 12.3. The molecule has 2 aromatic rings. The van der Waals surface area contributed by atoms with Gasteiger partial charge in [0.05, 0.1) is 12.5 Å². The number of hydrogen-bond acceptors (Lipinski definition) is 2. The summed E-state index contributed by atoms with van der Waals surface area (Å²) < 4.78 is 0. The fraction of sp³-hybridized carbons (Fsp3) is 0.350. The van der Waals surface area contributed by atoms with Gasteiger partial charge in [0.2, 0.25) is 5.91 Å². The van der Waals surface area contributed by atoms with Crippen LogP contribution in [0.1, 0.15) is 31.0 Å². The van der Waals surface area contributed by atoms with E-state index in [-0.39, 0.29) is 11.9 Å². The van der Waals surface area contributed by atoms with Crippen LogP contribution in [0.3, 0.4) is 0 Å². The molecule has 0 aliphatic heterocycles. The third-order valence-corrected chi connectivity index (χ3v) is 4.46. The zero-order valence-electron chi connectivity index (χ0n) is 14.3. The van der Waals surface area contributed by atoms with Crippen LogP contribution in [-0.4, -0.2) is 30.4 Å². The smallest absolute Gasteiger partial charge is 0.224 e. The molecule has 0 bridgehead atoms. The minimum atomic E-state index is 0.0328. The molecule has 0 radical (unpaired) electrons. The molecular formula is C20H25ClN2O. The van der Waals surface area contributed by atoms with Gasteiger partial charge < -0.3 is 5.32 Å². The second-order valence-corrected chi connectivity index (χ2v) is 6.19. The molecule has 0 spiro atoms. The number of hydrogen-bond donors (Lipinski definition) is 1. The van der Waals surface area contributed by atoms with E-state index in [1.54, 1.807) is 0 Å². The van der Waals surface area contributed by atoms with E-state index in [1.165, 1.54) is 5.56 Å². The van der Waals surface area contributed by atoms with Crippen LogP contribution in [0.15, 0.2) is 54.6 Å². The van der Waals surface area contributed by atoms with Crippen LogP contribution in [0.25, 0.3) is 0 Å². The number of carbonyl (C=O) groups is 1. The summed E-state index contributed by atoms with van der Waals surface area (Å²) in [7, 11) is 0. The first-order valence-electron chi connectivity index (χ1n) is 8.44. The summed E-state index contributed by atoms with van der Waals surface area (Å²) in [5.41, 5.74) is 2.20. The fourth-order valence-corrected chi connectivity index (χ4v) is 2.98. The van der Waals surface area contributed by atoms with Gasteiger partial charge in [0.25, 0.3) is 0 Å². The van der Waals surface area contributed by atoms with Crippen molar-refractivity contribution in [3.05, 3.63) is 70.7 Å². The molecule has 1 atom stereocenters. The summed E-state index contributed by atoms with van der Waals surface area (Å²) in [6, 6.07) is 17.9. The van der Waals surface area contributed by atoms with Gasteiger partial charge in [0.1, 0.15) is 0 Å². The molecule has 0 heterocycles. The highest BCUT2D eigenvalue weighted by Crippen LogP contribution is 2.19. The Balaban J connectivity index is 1.99. The lowest BCUT2D eigenvalue weighted by Crippen LogP contribution is -2.38. The maximum Gasteiger partial charge on any atom is 0.224 e. The molecule has 0 saturated heterocycles. The predicted octanol–water partition coefficient (Wildman–Crippen LogP) is 4.08. The van der Waals surface area contributed by atoms with Gasteiger partial charge in [0.15, 0.2) is 0 Å². The number of rotatable bonds is 8. The van der Waals surface area contributed by atoms with E-state index < -0.39 is 0 Å². The number of nitrogens with one attached hydrogen (secondary N) is 1. The van der Waals surface area contributed by atoms with Crippen molar-refractivity contribution in [2.24, 2.45) is 0 Å². The standard InChI is InChI=1S/C20H25ClN2O/c1-3-23(4-2)19(17-8-6-5-7-9-17)15-22-20(24)14-16-10-12-18(21)13-11-16/h5-13,19H,3-4,14-15H2,1-2H3,(H,22,24). The summed E-state index contributed by atoms with van der Waals surface area (Å²) in [6.45, 7) is 6.80. The van der Waals surface area contributed by atoms with Crippen LogP contribution < -0.4 is 5.32 Å². The highest BCUT2D eigenvalue weighted by molar-refractivity contribution is 6.30. The molecule has 4 heteroatoms. The van der Waals surface area contributed by atoms with Gasteiger partial charge in [-0.05, 0) is 36.3 Å². The first kappa shape index (κ1) is 18.5. The van der Waals surface area contributed by atoms with Gasteiger partial charge in [-0.3, -0.25) is 9.69 Å². The number of carbonyl (C=O) groups excluding carboxylic acids is 1. The highest BCUT2D eigenvalue weighted by atomic mass is 35.5. The zero-order chi connectivity index (χ0) is 17.4. The Kier molecular flexibility index (Phi) is 7.29. The van der Waals surface area contributed by atoms with E-state index in [2.05, 4.69) is 36.2 Å². The van der Waals surface area contributed by atoms with Gasteiger partial charge in [-0.15, -0.1) is 0 Å². The van der Waals surface area contributed by atoms with Crippen molar-refractivity contribution in [1.29, 1.82) is 0 Å². The van der Waals surface area contributed by atoms with Crippen molar-refractivity contribution in [2.75, 3.05) is 19.6 Å². The number of benzene rings is 2. The van der Waals surface area contributed by atoms with E-state index in [4.69, 9.17) is 11.6 Å². The Bertz CT molecular complexity index is 624. The van der Waals surface area contributed by atoms with Crippen LogP contribution in [0.4, 0.5) is 0 Å². The number of nitrogens with zero attached hydrogens (tertiary/aromatic N) is 1. The Labute approximate surface area is 149 Å². The number of amides is 1. The van der Waals surface area contributed by atoms with Crippen molar-refractivity contribution < 1.29 is 4.79 Å². The summed E-state index contributed by atoms with van der Waals surface area (Å²) in [4.78, 5) is 14.6. The van der Waals surface area contributed by atoms with Gasteiger partial charge in [-0.25, -0.2) is 0 Å². The molecule has 24 heavy (non-hydrogen) atoms. The average Bonchev–Trinajstić information content (AvgIpc) is 2.61. The molecule has 0 aliphatic carbocycles. The third-order valence-electron chi connectivity index (χ3n) is 4.21. The van der Waals surface area contributed by atoms with Crippen LogP contribution in [0, 0.1) is 0 Å². The minimum Gasteiger partial charge on any atom is -0.354 e. The molecule has 0 aromatic heterocycles. The SMILES string of the molecule is CCN(CC)C(CNC(=O)Cc1ccc(Cl)cc1)c1ccccc1. The molecule has 0 saturated carbocycles. The highest BCUT2D eigenvalue weighted by Gasteiger charge is 2.18. The summed E-state index contributed by atoms with van der Waals surface area (Å²) in [5, 5.41) is 3.76. The summed E-state index contributed by atoms with van der Waals surface area (Å²) in [6.07, 6.45) is 0.372. The van der Waals surface area contributed by atoms with Gasteiger partial charge in [-0.2, -0.15) is 0 Å². The molecule has 2 aromatic carbocycles. The fourth-order valence-electron chi connectivity index (χ4n) is 2.86. The number of likely N-dealkylation sites (N-methyl/N-ethyl adjacent to an activating group) is 1. The summed E-state index contributed by atoms with van der Waals surface area (Å²) >= 11 is 5.88. The van der Waals surface area contributed by atoms with Crippen LogP contribution in [0.2, 0.25) is 5.02 Å². The third kappa shape index (κ3) is 5.36. The van der Waals surface area contributed by atoms with Crippen molar-refractivity contribution in [3.8, 4) is 0 Å². The lowest BCUT2D eigenvalue weighted by molar-refractivity contribution is -0.120. The Morgan fingerprint density at radius 3 is 2.25 bits per heavy atom. The van der Waals surface area contributed by atoms with Gasteiger partial charge in [-0.1, -0.05) is 67.9 Å². The van der Waals surface area contributed by atoms with Crippen molar-refractivity contribution in [1.82, 2.24) is 10.2 Å². The first-order chi connectivity index (χ1) is 11.6. The topological polar surface area (TPSA) is 32.3 Å². The van der Waals surface area contributed by atoms with Crippen LogP contribution in [-0.2, 0) is 11.2 Å². The zero-order valence-corrected chi connectivity index (χ0v) is 15.1. The van der Waals surface area contributed by atoms with Crippen molar-refractivity contribution in [3.63, 3.8) is 0 Å². The second kappa shape index (κ2) is 9.45. The minimum absolute atomic E-state index is 0.0328. The molecule has 3 nitrogen and oxygen atoms in total. The second-order valence-electron chi connectivity index (χ2n) is 5.76. The largest absolute Gasteiger partial charge is 0.354 e. The van der Waals surface area contributed by atoms with E-state index >= 15 is 0 Å². The monoisotopic (exact) mass is 344 g/mol. The Morgan fingerprint density at radius 1 is 1.04 bits per heavy atom. The normalized spacial score (nSPS) is 12.2. The van der Waals surface area contributed by atoms with E-state index in [0.29, 0.717) is 18.0 Å². The average molecular weight is 345 g/mol. The maximum atomic E-state index is 12.3. The molecule has 0 fully saturated rings. The molecule has 1 amide bonds. The quantitative estimate of drug-likeness (QED) is 0.782. The van der Waals surface area contributed by atoms with Gasteiger partial charge in [0, 0.05) is 11.6 Å². The Morgan fingerprint density at radius 2 is 1.67 bits per heavy atom. The number of halogens is 1. The molecule has 0 aliphatic rings. The Hall–Kier alpha value is -1.84. The van der Waals surface area contributed by atoms with Gasteiger partial charge >= 0.3 is 0 Å². The van der Waals surface area contributed by atoms with Crippen molar-refractivity contribution in [2.45, 2.75) is 26.3 Å². The van der Waals surface area contributed by atoms with Crippen LogP contribution in [0.5, 0.6) is 0 Å². The molecule has 128 valence electrons. The van der Waals surface area contributed by atoms with E-state index in [9.17, 15) is 4.79 Å². The predicted molar refractivity (Wildman–Crippen MR) is 100 cm³/mol. The van der Waals surface area contributed by atoms with E-state index in [1.807, 2.05) is 42.5 Å². The van der Waals surface area contributed by atoms with Crippen LogP contribution >= 0.6 is 11.6 Å². The molecule has 1 unspecified atom stereocenters. The molecular weight excluding hydrogens is 320 g/mol. The lowest BCUT2D eigenvalue weighted by Gasteiger charge is -2.30. The van der Waals surface area contributed by atoms with Crippen molar-refractivity contribution >= 4 is 17.5 Å².